The lowest BCUT2D eigenvalue weighted by Gasteiger charge is -2.23. The summed E-state index contributed by atoms with van der Waals surface area (Å²) in [5, 5.41) is 9.30. The Labute approximate surface area is 140 Å². The Morgan fingerprint density at radius 2 is 2.00 bits per heavy atom. The smallest absolute Gasteiger partial charge is 0.239 e. The van der Waals surface area contributed by atoms with Crippen molar-refractivity contribution in [2.75, 3.05) is 19.7 Å². The number of amides is 1. The Morgan fingerprint density at radius 3 is 2.57 bits per heavy atom. The molecular formula is C19H28N2O2. The molecule has 0 heterocycles. The first kappa shape index (κ1) is 19.0. The molecule has 1 aromatic rings. The van der Waals surface area contributed by atoms with Gasteiger partial charge in [0.25, 0.3) is 0 Å². The second-order valence-electron chi connectivity index (χ2n) is 5.81. The van der Waals surface area contributed by atoms with Gasteiger partial charge in [0.15, 0.2) is 0 Å². The average molecular weight is 316 g/mol. The Kier molecular flexibility index (Phi) is 8.82. The topological polar surface area (TPSA) is 53.3 Å². The molecule has 1 amide bonds. The van der Waals surface area contributed by atoms with Gasteiger partial charge in [0.2, 0.25) is 5.91 Å². The first-order valence-electron chi connectivity index (χ1n) is 8.50. The number of carbonyl (C=O) groups is 1. The van der Waals surface area contributed by atoms with E-state index < -0.39 is 5.92 Å². The SMILES string of the molecule is CCCN(CCC)C(=O)C(C#N)CCCOc1cccc(C)c1. The highest BCUT2D eigenvalue weighted by molar-refractivity contribution is 5.81. The minimum Gasteiger partial charge on any atom is -0.494 e. The van der Waals surface area contributed by atoms with Crippen LogP contribution in [0.15, 0.2) is 24.3 Å². The maximum atomic E-state index is 12.4. The van der Waals surface area contributed by atoms with Gasteiger partial charge in [0.05, 0.1) is 12.7 Å². The molecule has 1 rings (SSSR count). The van der Waals surface area contributed by atoms with Gasteiger partial charge in [-0.1, -0.05) is 26.0 Å². The number of rotatable bonds is 10. The summed E-state index contributed by atoms with van der Waals surface area (Å²) in [7, 11) is 0. The second kappa shape index (κ2) is 10.7. The van der Waals surface area contributed by atoms with Gasteiger partial charge in [0, 0.05) is 13.1 Å². The second-order valence-corrected chi connectivity index (χ2v) is 5.81. The van der Waals surface area contributed by atoms with Gasteiger partial charge in [0.1, 0.15) is 11.7 Å². The third kappa shape index (κ3) is 6.73. The summed E-state index contributed by atoms with van der Waals surface area (Å²) >= 11 is 0. The van der Waals surface area contributed by atoms with Crippen LogP contribution in [0.5, 0.6) is 5.75 Å². The first-order valence-corrected chi connectivity index (χ1v) is 8.50. The monoisotopic (exact) mass is 316 g/mol. The lowest BCUT2D eigenvalue weighted by atomic mass is 10.0. The van der Waals surface area contributed by atoms with E-state index in [1.165, 1.54) is 0 Å². The quantitative estimate of drug-likeness (QED) is 0.614. The highest BCUT2D eigenvalue weighted by Gasteiger charge is 2.22. The molecular weight excluding hydrogens is 288 g/mol. The molecule has 0 saturated carbocycles. The third-order valence-corrected chi connectivity index (χ3v) is 3.65. The highest BCUT2D eigenvalue weighted by Crippen LogP contribution is 2.15. The highest BCUT2D eigenvalue weighted by atomic mass is 16.5. The van der Waals surface area contributed by atoms with Gasteiger partial charge in [-0.2, -0.15) is 5.26 Å². The zero-order chi connectivity index (χ0) is 17.1. The van der Waals surface area contributed by atoms with Crippen LogP contribution in [0, 0.1) is 24.2 Å². The lowest BCUT2D eigenvalue weighted by Crippen LogP contribution is -2.37. The molecule has 23 heavy (non-hydrogen) atoms. The fraction of sp³-hybridized carbons (Fsp3) is 0.579. The van der Waals surface area contributed by atoms with Crippen molar-refractivity contribution in [2.24, 2.45) is 5.92 Å². The summed E-state index contributed by atoms with van der Waals surface area (Å²) in [6, 6.07) is 10.0. The third-order valence-electron chi connectivity index (χ3n) is 3.65. The van der Waals surface area contributed by atoms with Crippen molar-refractivity contribution in [3.8, 4) is 11.8 Å². The minimum atomic E-state index is -0.561. The van der Waals surface area contributed by atoms with Crippen LogP contribution in [-0.2, 0) is 4.79 Å². The number of nitriles is 1. The van der Waals surface area contributed by atoms with Crippen LogP contribution < -0.4 is 4.74 Å². The number of carbonyl (C=O) groups excluding carboxylic acids is 1. The van der Waals surface area contributed by atoms with Crippen LogP contribution in [-0.4, -0.2) is 30.5 Å². The van der Waals surface area contributed by atoms with E-state index in [9.17, 15) is 10.1 Å². The summed E-state index contributed by atoms with van der Waals surface area (Å²) in [5.41, 5.74) is 1.15. The Balaban J connectivity index is 2.43. The predicted octanol–water partition coefficient (Wildman–Crippen LogP) is 3.94. The van der Waals surface area contributed by atoms with E-state index in [1.807, 2.05) is 49.9 Å². The molecule has 0 radical (unpaired) electrons. The molecule has 4 heteroatoms. The zero-order valence-electron chi connectivity index (χ0n) is 14.5. The van der Waals surface area contributed by atoms with Crippen molar-refractivity contribution in [1.82, 2.24) is 4.90 Å². The molecule has 1 atom stereocenters. The van der Waals surface area contributed by atoms with E-state index in [1.54, 1.807) is 0 Å². The van der Waals surface area contributed by atoms with E-state index in [-0.39, 0.29) is 5.91 Å². The molecule has 0 fully saturated rings. The molecule has 126 valence electrons. The van der Waals surface area contributed by atoms with Gasteiger partial charge >= 0.3 is 0 Å². The zero-order valence-corrected chi connectivity index (χ0v) is 14.5. The average Bonchev–Trinajstić information content (AvgIpc) is 2.54. The van der Waals surface area contributed by atoms with E-state index in [2.05, 4.69) is 6.07 Å². The molecule has 0 aliphatic rings. The maximum absolute atomic E-state index is 12.4. The number of hydrogen-bond acceptors (Lipinski definition) is 3. The summed E-state index contributed by atoms with van der Waals surface area (Å²) in [5.74, 6) is 0.240. The van der Waals surface area contributed by atoms with Crippen molar-refractivity contribution < 1.29 is 9.53 Å². The van der Waals surface area contributed by atoms with E-state index >= 15 is 0 Å². The Morgan fingerprint density at radius 1 is 1.30 bits per heavy atom. The van der Waals surface area contributed by atoms with Gasteiger partial charge in [-0.25, -0.2) is 0 Å². The molecule has 0 aliphatic heterocycles. The standard InChI is InChI=1S/C19H28N2O2/c1-4-11-21(12-5-2)19(22)17(15-20)9-7-13-23-18-10-6-8-16(3)14-18/h6,8,10,14,17H,4-5,7,9,11-13H2,1-3H3. The molecule has 0 spiro atoms. The molecule has 1 aromatic carbocycles. The van der Waals surface area contributed by atoms with E-state index in [4.69, 9.17) is 4.74 Å². The number of benzene rings is 1. The van der Waals surface area contributed by atoms with Crippen molar-refractivity contribution in [3.05, 3.63) is 29.8 Å². The molecule has 0 aliphatic carbocycles. The van der Waals surface area contributed by atoms with Crippen LogP contribution in [0.25, 0.3) is 0 Å². The molecule has 0 bridgehead atoms. The Bertz CT molecular complexity index is 516. The number of aryl methyl sites for hydroxylation is 1. The lowest BCUT2D eigenvalue weighted by molar-refractivity contribution is -0.134. The van der Waals surface area contributed by atoms with Crippen LogP contribution in [0.2, 0.25) is 0 Å². The normalized spacial score (nSPS) is 11.6. The molecule has 0 aromatic heterocycles. The van der Waals surface area contributed by atoms with Crippen molar-refractivity contribution in [1.29, 1.82) is 5.26 Å². The van der Waals surface area contributed by atoms with Crippen LogP contribution in [0.3, 0.4) is 0 Å². The minimum absolute atomic E-state index is 0.0354. The Hall–Kier alpha value is -2.02. The van der Waals surface area contributed by atoms with Crippen LogP contribution >= 0.6 is 0 Å². The van der Waals surface area contributed by atoms with E-state index in [0.29, 0.717) is 19.4 Å². The summed E-state index contributed by atoms with van der Waals surface area (Å²) in [6.45, 7) is 8.10. The molecule has 4 nitrogen and oxygen atoms in total. The van der Waals surface area contributed by atoms with E-state index in [0.717, 1.165) is 37.2 Å². The van der Waals surface area contributed by atoms with Crippen LogP contribution in [0.4, 0.5) is 0 Å². The number of hydrogen-bond donors (Lipinski definition) is 0. The number of ether oxygens (including phenoxy) is 1. The first-order chi connectivity index (χ1) is 11.1. The van der Waals surface area contributed by atoms with Crippen molar-refractivity contribution in [2.45, 2.75) is 46.5 Å². The molecule has 0 N–H and O–H groups in total. The van der Waals surface area contributed by atoms with Crippen molar-refractivity contribution in [3.63, 3.8) is 0 Å². The summed E-state index contributed by atoms with van der Waals surface area (Å²) in [6.07, 6.45) is 3.08. The summed E-state index contributed by atoms with van der Waals surface area (Å²) < 4.78 is 5.68. The fourth-order valence-corrected chi connectivity index (χ4v) is 2.52. The van der Waals surface area contributed by atoms with Gasteiger partial charge < -0.3 is 9.64 Å². The van der Waals surface area contributed by atoms with Gasteiger partial charge in [-0.3, -0.25) is 4.79 Å². The summed E-state index contributed by atoms with van der Waals surface area (Å²) in [4.78, 5) is 14.2. The maximum Gasteiger partial charge on any atom is 0.239 e. The fourth-order valence-electron chi connectivity index (χ4n) is 2.52. The molecule has 1 unspecified atom stereocenters. The van der Waals surface area contributed by atoms with Gasteiger partial charge in [-0.15, -0.1) is 0 Å². The predicted molar refractivity (Wildman–Crippen MR) is 92.2 cm³/mol. The largest absolute Gasteiger partial charge is 0.494 e. The van der Waals surface area contributed by atoms with Crippen LogP contribution in [0.1, 0.15) is 45.1 Å². The van der Waals surface area contributed by atoms with Gasteiger partial charge in [-0.05, 0) is 50.3 Å². The van der Waals surface area contributed by atoms with Crippen molar-refractivity contribution >= 4 is 5.91 Å². The number of nitrogens with zero attached hydrogens (tertiary/aromatic N) is 2. The molecule has 0 saturated heterocycles.